The van der Waals surface area contributed by atoms with Crippen LogP contribution in [0.5, 0.6) is 0 Å². The first kappa shape index (κ1) is 17.5. The number of aryl methyl sites for hydroxylation is 2. The summed E-state index contributed by atoms with van der Waals surface area (Å²) >= 11 is 1.31. The second-order valence-electron chi connectivity index (χ2n) is 4.74. The summed E-state index contributed by atoms with van der Waals surface area (Å²) in [4.78, 5) is 23.2. The molecule has 0 bridgehead atoms. The van der Waals surface area contributed by atoms with Gasteiger partial charge in [-0.25, -0.2) is 0 Å². The highest BCUT2D eigenvalue weighted by atomic mass is 32.2. The van der Waals surface area contributed by atoms with Crippen LogP contribution in [0, 0.1) is 13.8 Å². The summed E-state index contributed by atoms with van der Waals surface area (Å²) in [7, 11) is 0. The summed E-state index contributed by atoms with van der Waals surface area (Å²) in [5, 5.41) is 2.85. The van der Waals surface area contributed by atoms with Crippen molar-refractivity contribution >= 4 is 29.3 Å². The smallest absolute Gasteiger partial charge is 0.323 e. The molecular formula is C15H22N2O3S. The number of hydrogen-bond acceptors (Lipinski definition) is 5. The van der Waals surface area contributed by atoms with Crippen molar-refractivity contribution in [2.24, 2.45) is 5.73 Å². The van der Waals surface area contributed by atoms with Gasteiger partial charge in [0, 0.05) is 11.4 Å². The first-order chi connectivity index (χ1) is 9.93. The maximum absolute atomic E-state index is 11.8. The molecule has 5 nitrogen and oxygen atoms in total. The molecule has 1 aromatic rings. The Hall–Kier alpha value is -1.53. The molecule has 6 heteroatoms. The van der Waals surface area contributed by atoms with Gasteiger partial charge in [0.15, 0.2) is 0 Å². The Balaban J connectivity index is 2.36. The van der Waals surface area contributed by atoms with Crippen molar-refractivity contribution in [2.75, 3.05) is 23.4 Å². The van der Waals surface area contributed by atoms with Crippen molar-refractivity contribution in [2.45, 2.75) is 26.8 Å². The van der Waals surface area contributed by atoms with E-state index in [2.05, 4.69) is 5.32 Å². The molecule has 116 valence electrons. The number of thioether (sulfide) groups is 1. The summed E-state index contributed by atoms with van der Waals surface area (Å²) in [6.07, 6.45) is 0. The second kappa shape index (κ2) is 8.69. The van der Waals surface area contributed by atoms with Crippen LogP contribution in [0.1, 0.15) is 18.1 Å². The van der Waals surface area contributed by atoms with Crippen LogP contribution in [0.3, 0.4) is 0 Å². The Morgan fingerprint density at radius 2 is 2.10 bits per heavy atom. The zero-order valence-electron chi connectivity index (χ0n) is 12.6. The van der Waals surface area contributed by atoms with Crippen molar-refractivity contribution < 1.29 is 14.3 Å². The second-order valence-corrected chi connectivity index (χ2v) is 5.77. The normalized spacial score (nSPS) is 11.8. The molecule has 0 aromatic heterocycles. The summed E-state index contributed by atoms with van der Waals surface area (Å²) in [5.41, 5.74) is 8.64. The number of amides is 1. The number of nitrogens with one attached hydrogen (secondary N) is 1. The molecule has 0 saturated carbocycles. The molecule has 0 saturated heterocycles. The van der Waals surface area contributed by atoms with E-state index >= 15 is 0 Å². The lowest BCUT2D eigenvalue weighted by atomic mass is 10.1. The summed E-state index contributed by atoms with van der Waals surface area (Å²) in [5.74, 6) is 0.0716. The molecule has 0 fully saturated rings. The summed E-state index contributed by atoms with van der Waals surface area (Å²) in [6.45, 7) is 6.00. The number of carbonyl (C=O) groups is 2. The van der Waals surface area contributed by atoms with Crippen LogP contribution < -0.4 is 11.1 Å². The molecule has 21 heavy (non-hydrogen) atoms. The third kappa shape index (κ3) is 6.18. The van der Waals surface area contributed by atoms with Crippen LogP contribution in [-0.4, -0.2) is 36.0 Å². The molecule has 1 rings (SSSR count). The fourth-order valence-electron chi connectivity index (χ4n) is 1.74. The highest BCUT2D eigenvalue weighted by molar-refractivity contribution is 8.00. The monoisotopic (exact) mass is 310 g/mol. The van der Waals surface area contributed by atoms with E-state index < -0.39 is 12.0 Å². The highest BCUT2D eigenvalue weighted by Crippen LogP contribution is 2.16. The van der Waals surface area contributed by atoms with E-state index in [0.717, 1.165) is 16.8 Å². The van der Waals surface area contributed by atoms with Gasteiger partial charge in [-0.3, -0.25) is 9.59 Å². The third-order valence-corrected chi connectivity index (χ3v) is 3.84. The van der Waals surface area contributed by atoms with Gasteiger partial charge < -0.3 is 15.8 Å². The van der Waals surface area contributed by atoms with E-state index in [0.29, 0.717) is 12.4 Å². The lowest BCUT2D eigenvalue weighted by Gasteiger charge is -2.11. The maximum atomic E-state index is 11.8. The van der Waals surface area contributed by atoms with E-state index in [-0.39, 0.29) is 11.7 Å². The Morgan fingerprint density at radius 3 is 2.71 bits per heavy atom. The van der Waals surface area contributed by atoms with E-state index in [9.17, 15) is 9.59 Å². The fourth-order valence-corrected chi connectivity index (χ4v) is 2.50. The Morgan fingerprint density at radius 1 is 1.38 bits per heavy atom. The van der Waals surface area contributed by atoms with Gasteiger partial charge in [0.1, 0.15) is 6.04 Å². The van der Waals surface area contributed by atoms with E-state index in [1.165, 1.54) is 11.8 Å². The zero-order chi connectivity index (χ0) is 15.8. The van der Waals surface area contributed by atoms with Crippen LogP contribution >= 0.6 is 11.8 Å². The standard InChI is InChI=1S/C15H22N2O3S/c1-4-20-15(19)12(16)8-21-9-14(18)17-13-6-5-10(2)7-11(13)3/h5-7,12H,4,8-9,16H2,1-3H3,(H,17,18)/t12-/m1/s1. The van der Waals surface area contributed by atoms with E-state index in [4.69, 9.17) is 10.5 Å². The first-order valence-electron chi connectivity index (χ1n) is 6.81. The molecule has 1 amide bonds. The topological polar surface area (TPSA) is 81.4 Å². The van der Waals surface area contributed by atoms with Crippen LogP contribution in [-0.2, 0) is 14.3 Å². The molecule has 0 heterocycles. The number of hydrogen-bond donors (Lipinski definition) is 2. The van der Waals surface area contributed by atoms with Gasteiger partial charge in [0.2, 0.25) is 5.91 Å². The summed E-state index contributed by atoms with van der Waals surface area (Å²) in [6, 6.07) is 5.16. The summed E-state index contributed by atoms with van der Waals surface area (Å²) < 4.78 is 4.81. The van der Waals surface area contributed by atoms with Gasteiger partial charge in [-0.15, -0.1) is 11.8 Å². The van der Waals surface area contributed by atoms with E-state index in [1.54, 1.807) is 6.92 Å². The molecule has 0 unspecified atom stereocenters. The van der Waals surface area contributed by atoms with Crippen molar-refractivity contribution in [3.8, 4) is 0 Å². The number of carbonyl (C=O) groups excluding carboxylic acids is 2. The molecular weight excluding hydrogens is 288 g/mol. The average molecular weight is 310 g/mol. The average Bonchev–Trinajstić information content (AvgIpc) is 2.42. The molecule has 0 spiro atoms. The van der Waals surface area contributed by atoms with Crippen molar-refractivity contribution in [1.82, 2.24) is 0 Å². The molecule has 0 aliphatic heterocycles. The lowest BCUT2D eigenvalue weighted by Crippen LogP contribution is -2.35. The minimum Gasteiger partial charge on any atom is -0.465 e. The third-order valence-electron chi connectivity index (χ3n) is 2.78. The maximum Gasteiger partial charge on any atom is 0.323 e. The number of nitrogens with two attached hydrogens (primary N) is 1. The molecule has 3 N–H and O–H groups in total. The SMILES string of the molecule is CCOC(=O)[C@H](N)CSCC(=O)Nc1ccc(C)cc1C. The van der Waals surface area contributed by atoms with Crippen LogP contribution in [0.25, 0.3) is 0 Å². The largest absolute Gasteiger partial charge is 0.465 e. The Labute approximate surface area is 129 Å². The van der Waals surface area contributed by atoms with Gasteiger partial charge in [0.25, 0.3) is 0 Å². The van der Waals surface area contributed by atoms with Crippen LogP contribution in [0.4, 0.5) is 5.69 Å². The molecule has 0 radical (unpaired) electrons. The van der Waals surface area contributed by atoms with Crippen LogP contribution in [0.15, 0.2) is 18.2 Å². The Kier molecular flexibility index (Phi) is 7.25. The van der Waals surface area contributed by atoms with Gasteiger partial charge in [-0.05, 0) is 32.4 Å². The molecule has 0 aliphatic rings. The molecule has 0 aliphatic carbocycles. The molecule has 1 atom stereocenters. The number of benzene rings is 1. The fraction of sp³-hybridized carbons (Fsp3) is 0.467. The number of esters is 1. The van der Waals surface area contributed by atoms with Crippen molar-refractivity contribution in [3.05, 3.63) is 29.3 Å². The van der Waals surface area contributed by atoms with Crippen molar-refractivity contribution in [1.29, 1.82) is 0 Å². The minimum absolute atomic E-state index is 0.108. The van der Waals surface area contributed by atoms with Gasteiger partial charge in [-0.1, -0.05) is 17.7 Å². The molecule has 1 aromatic carbocycles. The van der Waals surface area contributed by atoms with Gasteiger partial charge in [-0.2, -0.15) is 0 Å². The Bertz CT molecular complexity index is 506. The van der Waals surface area contributed by atoms with Gasteiger partial charge in [0.05, 0.1) is 12.4 Å². The number of rotatable bonds is 7. The number of anilines is 1. The first-order valence-corrected chi connectivity index (χ1v) is 7.96. The van der Waals surface area contributed by atoms with E-state index in [1.807, 2.05) is 32.0 Å². The zero-order valence-corrected chi connectivity index (χ0v) is 13.5. The number of ether oxygens (including phenoxy) is 1. The van der Waals surface area contributed by atoms with Crippen molar-refractivity contribution in [3.63, 3.8) is 0 Å². The lowest BCUT2D eigenvalue weighted by molar-refractivity contribution is -0.144. The predicted octanol–water partition coefficient (Wildman–Crippen LogP) is 1.87. The quantitative estimate of drug-likeness (QED) is 0.751. The van der Waals surface area contributed by atoms with Gasteiger partial charge >= 0.3 is 5.97 Å². The highest BCUT2D eigenvalue weighted by Gasteiger charge is 2.15. The minimum atomic E-state index is -0.691. The van der Waals surface area contributed by atoms with Crippen LogP contribution in [0.2, 0.25) is 0 Å². The predicted molar refractivity (Wildman–Crippen MR) is 86.5 cm³/mol.